The minimum absolute atomic E-state index is 0.0461. The van der Waals surface area contributed by atoms with Gasteiger partial charge in [-0.1, -0.05) is 50.3 Å². The van der Waals surface area contributed by atoms with Crippen molar-refractivity contribution in [3.05, 3.63) is 53.8 Å². The molecule has 1 atom stereocenters. The lowest BCUT2D eigenvalue weighted by molar-refractivity contribution is 0.0528. The summed E-state index contributed by atoms with van der Waals surface area (Å²) in [5.41, 5.74) is 0.529. The molecule has 0 saturated carbocycles. The Morgan fingerprint density at radius 1 is 1.18 bits per heavy atom. The number of aliphatic hydroxyl groups is 2. The molecule has 0 radical (unpaired) electrons. The first-order chi connectivity index (χ1) is 8.05. The number of aliphatic hydroxyl groups excluding tert-OH is 1. The Morgan fingerprint density at radius 2 is 1.82 bits per heavy atom. The molecule has 17 heavy (non-hydrogen) atoms. The Hall–Kier alpha value is -1.54. The molecule has 0 fully saturated rings. The molecule has 0 amide bonds. The van der Waals surface area contributed by atoms with Crippen LogP contribution in [0.25, 0.3) is 5.57 Å². The molecule has 0 heterocycles. The van der Waals surface area contributed by atoms with Crippen LogP contribution in [0.4, 0.5) is 0 Å². The van der Waals surface area contributed by atoms with Crippen LogP contribution in [-0.4, -0.2) is 15.8 Å². The minimum Gasteiger partial charge on any atom is -0.508 e. The number of hydrogen-bond donors (Lipinski definition) is 2. The molecule has 1 unspecified atom stereocenters. The van der Waals surface area contributed by atoms with E-state index in [9.17, 15) is 10.2 Å². The highest BCUT2D eigenvalue weighted by molar-refractivity contribution is 5.76. The molecule has 2 nitrogen and oxygen atoms in total. The molecule has 1 aromatic carbocycles. The van der Waals surface area contributed by atoms with E-state index < -0.39 is 5.60 Å². The second-order valence-electron chi connectivity index (χ2n) is 4.81. The predicted octanol–water partition coefficient (Wildman–Crippen LogP) is 3.30. The fourth-order valence-corrected chi connectivity index (χ4v) is 2.28. The Morgan fingerprint density at radius 3 is 2.41 bits per heavy atom. The van der Waals surface area contributed by atoms with Gasteiger partial charge in [-0.15, -0.1) is 0 Å². The highest BCUT2D eigenvalue weighted by atomic mass is 16.3. The molecule has 1 aromatic rings. The third-order valence-corrected chi connectivity index (χ3v) is 3.41. The van der Waals surface area contributed by atoms with E-state index in [-0.39, 0.29) is 11.7 Å². The molecule has 0 bridgehead atoms. The van der Waals surface area contributed by atoms with Gasteiger partial charge in [0, 0.05) is 5.57 Å². The monoisotopic (exact) mass is 230 g/mol. The third kappa shape index (κ3) is 2.01. The first-order valence-corrected chi connectivity index (χ1v) is 5.94. The summed E-state index contributed by atoms with van der Waals surface area (Å²) in [7, 11) is 0. The fraction of sp³-hybridized carbons (Fsp3) is 0.333. The summed E-state index contributed by atoms with van der Waals surface area (Å²) in [4.78, 5) is 0. The van der Waals surface area contributed by atoms with Crippen molar-refractivity contribution < 1.29 is 10.2 Å². The highest BCUT2D eigenvalue weighted by Crippen LogP contribution is 2.40. The van der Waals surface area contributed by atoms with Crippen molar-refractivity contribution in [1.29, 1.82) is 0 Å². The normalized spacial score (nSPS) is 24.5. The van der Waals surface area contributed by atoms with Crippen LogP contribution < -0.4 is 0 Å². The van der Waals surface area contributed by atoms with E-state index in [1.54, 1.807) is 6.08 Å². The second kappa shape index (κ2) is 4.38. The average Bonchev–Trinajstić information content (AvgIpc) is 2.30. The standard InChI is InChI=1S/C15H18O2/c1-11(2)15(17)10-6-9-13(16)14(15)12-7-4-3-5-8-12/h3-9,11,16-17H,10H2,1-2H3. The molecular weight excluding hydrogens is 212 g/mol. The number of rotatable bonds is 2. The van der Waals surface area contributed by atoms with Crippen molar-refractivity contribution in [1.82, 2.24) is 0 Å². The van der Waals surface area contributed by atoms with Gasteiger partial charge in [0.15, 0.2) is 0 Å². The van der Waals surface area contributed by atoms with Gasteiger partial charge in [0.25, 0.3) is 0 Å². The van der Waals surface area contributed by atoms with Gasteiger partial charge in [0.05, 0.1) is 5.60 Å². The zero-order valence-corrected chi connectivity index (χ0v) is 10.2. The van der Waals surface area contributed by atoms with Crippen LogP contribution in [0.15, 0.2) is 48.2 Å². The van der Waals surface area contributed by atoms with Crippen molar-refractivity contribution in [2.45, 2.75) is 25.9 Å². The van der Waals surface area contributed by atoms with E-state index >= 15 is 0 Å². The molecule has 0 saturated heterocycles. The molecule has 0 aromatic heterocycles. The maximum Gasteiger partial charge on any atom is 0.121 e. The number of hydrogen-bond acceptors (Lipinski definition) is 2. The van der Waals surface area contributed by atoms with Gasteiger partial charge in [-0.25, -0.2) is 0 Å². The highest BCUT2D eigenvalue weighted by Gasteiger charge is 2.38. The lowest BCUT2D eigenvalue weighted by Crippen LogP contribution is -2.38. The zero-order chi connectivity index (χ0) is 12.5. The first-order valence-electron chi connectivity index (χ1n) is 5.94. The Labute approximate surface area is 102 Å². The van der Waals surface area contributed by atoms with Crippen molar-refractivity contribution in [3.8, 4) is 0 Å². The molecule has 90 valence electrons. The first kappa shape index (κ1) is 11.9. The summed E-state index contributed by atoms with van der Waals surface area (Å²) in [6.45, 7) is 3.94. The lowest BCUT2D eigenvalue weighted by atomic mass is 9.74. The molecule has 2 heteroatoms. The zero-order valence-electron chi connectivity index (χ0n) is 10.2. The molecule has 0 aliphatic heterocycles. The van der Waals surface area contributed by atoms with Gasteiger partial charge in [0.1, 0.15) is 5.76 Å². The SMILES string of the molecule is CC(C)C1(O)CC=CC(O)=C1c1ccccc1. The Kier molecular flexibility index (Phi) is 3.07. The largest absolute Gasteiger partial charge is 0.508 e. The summed E-state index contributed by atoms with van der Waals surface area (Å²) >= 11 is 0. The summed E-state index contributed by atoms with van der Waals surface area (Å²) < 4.78 is 0. The van der Waals surface area contributed by atoms with Crippen LogP contribution in [0.1, 0.15) is 25.8 Å². The maximum absolute atomic E-state index is 10.8. The number of allylic oxidation sites excluding steroid dienone is 1. The van der Waals surface area contributed by atoms with E-state index in [1.165, 1.54) is 0 Å². The van der Waals surface area contributed by atoms with E-state index in [4.69, 9.17) is 0 Å². The number of benzene rings is 1. The maximum atomic E-state index is 10.8. The van der Waals surface area contributed by atoms with E-state index in [2.05, 4.69) is 0 Å². The van der Waals surface area contributed by atoms with E-state index in [0.717, 1.165) is 5.56 Å². The van der Waals surface area contributed by atoms with Crippen molar-refractivity contribution >= 4 is 5.57 Å². The lowest BCUT2D eigenvalue weighted by Gasteiger charge is -2.36. The average molecular weight is 230 g/mol. The molecule has 1 aliphatic carbocycles. The Balaban J connectivity index is 2.57. The molecule has 2 rings (SSSR count). The van der Waals surface area contributed by atoms with E-state index in [1.807, 2.05) is 50.3 Å². The Bertz CT molecular complexity index is 457. The minimum atomic E-state index is -0.986. The van der Waals surface area contributed by atoms with Crippen LogP contribution in [0.2, 0.25) is 0 Å². The third-order valence-electron chi connectivity index (χ3n) is 3.41. The van der Waals surface area contributed by atoms with E-state index in [0.29, 0.717) is 12.0 Å². The fourth-order valence-electron chi connectivity index (χ4n) is 2.28. The predicted molar refractivity (Wildman–Crippen MR) is 69.5 cm³/mol. The summed E-state index contributed by atoms with van der Waals surface area (Å²) in [6.07, 6.45) is 4.03. The van der Waals surface area contributed by atoms with Gasteiger partial charge in [-0.2, -0.15) is 0 Å². The van der Waals surface area contributed by atoms with Crippen LogP contribution in [0, 0.1) is 5.92 Å². The summed E-state index contributed by atoms with van der Waals surface area (Å²) in [6, 6.07) is 9.58. The van der Waals surface area contributed by atoms with Crippen molar-refractivity contribution in [3.63, 3.8) is 0 Å². The smallest absolute Gasteiger partial charge is 0.121 e. The van der Waals surface area contributed by atoms with Gasteiger partial charge in [-0.3, -0.25) is 0 Å². The summed E-state index contributed by atoms with van der Waals surface area (Å²) in [5.74, 6) is 0.212. The van der Waals surface area contributed by atoms with Crippen LogP contribution in [0.3, 0.4) is 0 Å². The molecular formula is C15H18O2. The quantitative estimate of drug-likeness (QED) is 0.818. The molecule has 1 aliphatic rings. The van der Waals surface area contributed by atoms with Crippen molar-refractivity contribution in [2.24, 2.45) is 5.92 Å². The van der Waals surface area contributed by atoms with Gasteiger partial charge >= 0.3 is 0 Å². The van der Waals surface area contributed by atoms with Gasteiger partial charge in [-0.05, 0) is 24.0 Å². The van der Waals surface area contributed by atoms with Gasteiger partial charge in [0.2, 0.25) is 0 Å². The van der Waals surface area contributed by atoms with Crippen LogP contribution in [-0.2, 0) is 0 Å². The van der Waals surface area contributed by atoms with Crippen molar-refractivity contribution in [2.75, 3.05) is 0 Å². The summed E-state index contributed by atoms with van der Waals surface area (Å²) in [5, 5.41) is 20.8. The molecule has 2 N–H and O–H groups in total. The van der Waals surface area contributed by atoms with Crippen LogP contribution >= 0.6 is 0 Å². The molecule has 0 spiro atoms. The van der Waals surface area contributed by atoms with Crippen LogP contribution in [0.5, 0.6) is 0 Å². The van der Waals surface area contributed by atoms with Gasteiger partial charge < -0.3 is 10.2 Å². The topological polar surface area (TPSA) is 40.5 Å². The second-order valence-corrected chi connectivity index (χ2v) is 4.81.